The maximum atomic E-state index is 11.9. The minimum absolute atomic E-state index is 0.158. The van der Waals surface area contributed by atoms with Crippen LogP contribution in [0, 0.1) is 11.3 Å². The maximum Gasteiger partial charge on any atom is 0.311 e. The number of aliphatic carboxylic acids is 1. The number of carbonyl (C=O) groups is 2. The van der Waals surface area contributed by atoms with E-state index < -0.39 is 11.4 Å². The molecule has 0 aliphatic heterocycles. The first-order valence-electron chi connectivity index (χ1n) is 6.39. The first kappa shape index (κ1) is 14.0. The summed E-state index contributed by atoms with van der Waals surface area (Å²) in [6, 6.07) is 0. The molecule has 0 saturated heterocycles. The first-order valence-corrected chi connectivity index (χ1v) is 6.39. The van der Waals surface area contributed by atoms with Crippen molar-refractivity contribution in [2.24, 2.45) is 11.3 Å². The maximum absolute atomic E-state index is 11.9. The molecule has 1 rings (SSSR count). The molecule has 0 aromatic rings. The van der Waals surface area contributed by atoms with E-state index in [4.69, 9.17) is 9.84 Å². The third kappa shape index (κ3) is 3.72. The van der Waals surface area contributed by atoms with Gasteiger partial charge in [0, 0.05) is 0 Å². The van der Waals surface area contributed by atoms with Crippen LogP contribution in [0.1, 0.15) is 52.4 Å². The van der Waals surface area contributed by atoms with Gasteiger partial charge in [-0.1, -0.05) is 13.3 Å². The number of carboxylic acids is 1. The van der Waals surface area contributed by atoms with E-state index in [9.17, 15) is 9.59 Å². The van der Waals surface area contributed by atoms with Gasteiger partial charge in [0.2, 0.25) is 0 Å². The number of rotatable bonds is 5. The number of carbonyl (C=O) groups excluding carboxylic acids is 1. The van der Waals surface area contributed by atoms with Crippen LogP contribution in [0.3, 0.4) is 0 Å². The molecule has 1 fully saturated rings. The molecule has 0 unspecified atom stereocenters. The van der Waals surface area contributed by atoms with Gasteiger partial charge in [-0.15, -0.1) is 0 Å². The van der Waals surface area contributed by atoms with E-state index in [-0.39, 0.29) is 11.9 Å². The lowest BCUT2D eigenvalue weighted by atomic mass is 9.72. The van der Waals surface area contributed by atoms with Gasteiger partial charge in [-0.05, 0) is 39.0 Å². The highest BCUT2D eigenvalue weighted by Crippen LogP contribution is 2.39. The summed E-state index contributed by atoms with van der Waals surface area (Å²) in [5.41, 5.74) is -0.473. The average molecular weight is 242 g/mol. The number of hydrogen-bond donors (Lipinski definition) is 1. The van der Waals surface area contributed by atoms with Crippen LogP contribution in [0.5, 0.6) is 0 Å². The van der Waals surface area contributed by atoms with Crippen LogP contribution in [-0.4, -0.2) is 23.7 Å². The minimum atomic E-state index is -0.744. The summed E-state index contributed by atoms with van der Waals surface area (Å²) < 4.78 is 5.23. The Morgan fingerprint density at radius 2 is 1.94 bits per heavy atom. The Morgan fingerprint density at radius 1 is 1.35 bits per heavy atom. The molecule has 4 nitrogen and oxygen atoms in total. The fourth-order valence-electron chi connectivity index (χ4n) is 2.19. The number of hydrogen-bond acceptors (Lipinski definition) is 3. The van der Waals surface area contributed by atoms with Crippen molar-refractivity contribution in [1.29, 1.82) is 0 Å². The topological polar surface area (TPSA) is 63.6 Å². The van der Waals surface area contributed by atoms with Crippen molar-refractivity contribution >= 4 is 11.9 Å². The van der Waals surface area contributed by atoms with Crippen LogP contribution in [-0.2, 0) is 14.3 Å². The molecule has 0 atom stereocenters. The molecule has 17 heavy (non-hydrogen) atoms. The Hall–Kier alpha value is -1.06. The molecule has 1 aliphatic carbocycles. The van der Waals surface area contributed by atoms with Gasteiger partial charge in [-0.25, -0.2) is 0 Å². The summed E-state index contributed by atoms with van der Waals surface area (Å²) in [5, 5.41) is 8.90. The quantitative estimate of drug-likeness (QED) is 0.594. The molecule has 4 heteroatoms. The molecule has 1 N–H and O–H groups in total. The standard InChI is InChI=1S/C13H22O4/c1-3-4-9-17-12(16)13(2)7-5-10(6-8-13)11(14)15/h10H,3-9H2,1-2H3,(H,14,15). The second-order valence-electron chi connectivity index (χ2n) is 5.16. The number of esters is 1. The van der Waals surface area contributed by atoms with Crippen LogP contribution in [0.15, 0.2) is 0 Å². The summed E-state index contributed by atoms with van der Waals surface area (Å²) in [7, 11) is 0. The molecular formula is C13H22O4. The summed E-state index contributed by atoms with van der Waals surface area (Å²) in [6.45, 7) is 4.42. The van der Waals surface area contributed by atoms with E-state index in [0.29, 0.717) is 32.3 Å². The predicted molar refractivity (Wildman–Crippen MR) is 63.6 cm³/mol. The van der Waals surface area contributed by atoms with Gasteiger partial charge in [-0.2, -0.15) is 0 Å². The zero-order valence-corrected chi connectivity index (χ0v) is 10.7. The van der Waals surface area contributed by atoms with Crippen LogP contribution in [0.4, 0.5) is 0 Å². The van der Waals surface area contributed by atoms with E-state index in [1.807, 2.05) is 13.8 Å². The summed E-state index contributed by atoms with van der Waals surface area (Å²) in [6.07, 6.45) is 4.29. The highest BCUT2D eigenvalue weighted by molar-refractivity contribution is 5.77. The molecule has 1 saturated carbocycles. The smallest absolute Gasteiger partial charge is 0.311 e. The first-order chi connectivity index (χ1) is 7.99. The van der Waals surface area contributed by atoms with Gasteiger partial charge in [0.1, 0.15) is 0 Å². The number of carboxylic acid groups (broad SMARTS) is 1. The van der Waals surface area contributed by atoms with Crippen molar-refractivity contribution in [3.63, 3.8) is 0 Å². The van der Waals surface area contributed by atoms with E-state index >= 15 is 0 Å². The van der Waals surface area contributed by atoms with Crippen LogP contribution < -0.4 is 0 Å². The second kappa shape index (κ2) is 6.03. The SMILES string of the molecule is CCCCOC(=O)C1(C)CCC(C(=O)O)CC1. The van der Waals surface area contributed by atoms with Gasteiger partial charge >= 0.3 is 11.9 Å². The van der Waals surface area contributed by atoms with Crippen molar-refractivity contribution in [1.82, 2.24) is 0 Å². The van der Waals surface area contributed by atoms with Gasteiger partial charge in [0.25, 0.3) is 0 Å². The molecule has 0 aromatic heterocycles. The third-order valence-electron chi connectivity index (χ3n) is 3.66. The molecule has 1 aliphatic rings. The van der Waals surface area contributed by atoms with Crippen LogP contribution in [0.2, 0.25) is 0 Å². The number of ether oxygens (including phenoxy) is 1. The third-order valence-corrected chi connectivity index (χ3v) is 3.66. The summed E-state index contributed by atoms with van der Waals surface area (Å²) in [5.74, 6) is -1.19. The van der Waals surface area contributed by atoms with E-state index in [1.54, 1.807) is 0 Å². The zero-order chi connectivity index (χ0) is 12.9. The normalized spacial score (nSPS) is 28.7. The molecule has 0 spiro atoms. The molecular weight excluding hydrogens is 220 g/mol. The Labute approximate surface area is 102 Å². The van der Waals surface area contributed by atoms with Crippen molar-refractivity contribution < 1.29 is 19.4 Å². The Morgan fingerprint density at radius 3 is 2.41 bits per heavy atom. The van der Waals surface area contributed by atoms with Crippen molar-refractivity contribution in [2.75, 3.05) is 6.61 Å². The van der Waals surface area contributed by atoms with E-state index in [2.05, 4.69) is 0 Å². The Bertz CT molecular complexity index is 277. The molecule has 98 valence electrons. The minimum Gasteiger partial charge on any atom is -0.481 e. The largest absolute Gasteiger partial charge is 0.481 e. The van der Waals surface area contributed by atoms with Gasteiger partial charge in [0.05, 0.1) is 17.9 Å². The lowest BCUT2D eigenvalue weighted by molar-refractivity contribution is -0.159. The van der Waals surface area contributed by atoms with Crippen molar-refractivity contribution in [2.45, 2.75) is 52.4 Å². The molecule has 0 amide bonds. The van der Waals surface area contributed by atoms with Crippen LogP contribution >= 0.6 is 0 Å². The fraction of sp³-hybridized carbons (Fsp3) is 0.846. The van der Waals surface area contributed by atoms with E-state index in [1.165, 1.54) is 0 Å². The lowest BCUT2D eigenvalue weighted by Gasteiger charge is -2.33. The summed E-state index contributed by atoms with van der Waals surface area (Å²) >= 11 is 0. The molecule has 0 bridgehead atoms. The average Bonchev–Trinajstić information content (AvgIpc) is 2.29. The predicted octanol–water partition coefficient (Wildman–Crippen LogP) is 2.61. The number of unbranched alkanes of at least 4 members (excludes halogenated alkanes) is 1. The zero-order valence-electron chi connectivity index (χ0n) is 10.7. The van der Waals surface area contributed by atoms with Gasteiger partial charge in [0.15, 0.2) is 0 Å². The van der Waals surface area contributed by atoms with Crippen LogP contribution in [0.25, 0.3) is 0 Å². The Balaban J connectivity index is 2.42. The molecule has 0 radical (unpaired) electrons. The van der Waals surface area contributed by atoms with Crippen molar-refractivity contribution in [3.05, 3.63) is 0 Å². The van der Waals surface area contributed by atoms with E-state index in [0.717, 1.165) is 12.8 Å². The monoisotopic (exact) mass is 242 g/mol. The summed E-state index contributed by atoms with van der Waals surface area (Å²) in [4.78, 5) is 22.7. The molecule has 0 heterocycles. The fourth-order valence-corrected chi connectivity index (χ4v) is 2.19. The Kier molecular flexibility index (Phi) is 4.97. The van der Waals surface area contributed by atoms with Crippen molar-refractivity contribution in [3.8, 4) is 0 Å². The second-order valence-corrected chi connectivity index (χ2v) is 5.16. The highest BCUT2D eigenvalue weighted by atomic mass is 16.5. The lowest BCUT2D eigenvalue weighted by Crippen LogP contribution is -2.36. The molecule has 0 aromatic carbocycles. The van der Waals surface area contributed by atoms with Gasteiger partial charge < -0.3 is 9.84 Å². The van der Waals surface area contributed by atoms with Gasteiger partial charge in [-0.3, -0.25) is 9.59 Å². The highest BCUT2D eigenvalue weighted by Gasteiger charge is 2.40.